The quantitative estimate of drug-likeness (QED) is 0.418. The molecule has 0 aliphatic heterocycles. The van der Waals surface area contributed by atoms with E-state index in [-0.39, 0.29) is 0 Å². The fourth-order valence-electron chi connectivity index (χ4n) is 0.660. The van der Waals surface area contributed by atoms with Gasteiger partial charge in [-0.05, 0) is 12.1 Å². The van der Waals surface area contributed by atoms with Crippen molar-refractivity contribution in [1.29, 1.82) is 0 Å². The second-order valence-electron chi connectivity index (χ2n) is 2.12. The number of aromatic nitrogens is 1. The van der Waals surface area contributed by atoms with E-state index < -0.39 is 6.03 Å². The Morgan fingerprint density at radius 2 is 2.54 bits per heavy atom. The van der Waals surface area contributed by atoms with E-state index >= 15 is 0 Å². The molecule has 0 unspecified atom stereocenters. The summed E-state index contributed by atoms with van der Waals surface area (Å²) in [5.41, 5.74) is 7.43. The molecular weight excluding hydrogens is 192 g/mol. The first-order chi connectivity index (χ1) is 6.20. The number of carbonyl (C=O) groups excluding carboxylic acids is 1. The Labute approximate surface area is 79.6 Å². The number of urea groups is 1. The maximum atomic E-state index is 10.2. The third kappa shape index (κ3) is 3.08. The zero-order valence-electron chi connectivity index (χ0n) is 6.57. The van der Waals surface area contributed by atoms with Crippen LogP contribution in [0.5, 0.6) is 0 Å². The van der Waals surface area contributed by atoms with Gasteiger partial charge in [0.1, 0.15) is 5.15 Å². The highest BCUT2D eigenvalue weighted by Gasteiger charge is 1.95. The molecule has 13 heavy (non-hydrogen) atoms. The smallest absolute Gasteiger partial charge is 0.332 e. The summed E-state index contributed by atoms with van der Waals surface area (Å²) in [6.45, 7) is 0. The Kier molecular flexibility index (Phi) is 3.22. The molecule has 0 aliphatic carbocycles. The number of pyridine rings is 1. The van der Waals surface area contributed by atoms with Crippen molar-refractivity contribution in [3.05, 3.63) is 29.0 Å². The van der Waals surface area contributed by atoms with E-state index in [1.165, 1.54) is 6.21 Å². The first-order valence-corrected chi connectivity index (χ1v) is 3.77. The van der Waals surface area contributed by atoms with Gasteiger partial charge < -0.3 is 5.73 Å². The number of halogens is 1. The maximum Gasteiger partial charge on any atom is 0.332 e. The van der Waals surface area contributed by atoms with Crippen molar-refractivity contribution < 1.29 is 4.79 Å². The topological polar surface area (TPSA) is 80.4 Å². The second-order valence-corrected chi connectivity index (χ2v) is 2.48. The summed E-state index contributed by atoms with van der Waals surface area (Å²) in [7, 11) is 0. The third-order valence-electron chi connectivity index (χ3n) is 1.17. The zero-order valence-corrected chi connectivity index (χ0v) is 7.32. The van der Waals surface area contributed by atoms with Gasteiger partial charge in [0, 0.05) is 11.8 Å². The number of nitrogens with one attached hydrogen (secondary N) is 1. The molecule has 0 atom stereocenters. The summed E-state index contributed by atoms with van der Waals surface area (Å²) < 4.78 is 0. The van der Waals surface area contributed by atoms with Crippen molar-refractivity contribution in [2.24, 2.45) is 10.8 Å². The van der Waals surface area contributed by atoms with E-state index in [9.17, 15) is 4.79 Å². The predicted molar refractivity (Wildman–Crippen MR) is 49.6 cm³/mol. The molecule has 6 heteroatoms. The number of carbonyl (C=O) groups is 1. The van der Waals surface area contributed by atoms with Crippen LogP contribution in [0.1, 0.15) is 5.56 Å². The minimum atomic E-state index is -0.726. The number of hydrogen-bond donors (Lipinski definition) is 2. The van der Waals surface area contributed by atoms with Crippen molar-refractivity contribution in [3.8, 4) is 0 Å². The summed E-state index contributed by atoms with van der Waals surface area (Å²) in [6, 6.07) is 2.69. The summed E-state index contributed by atoms with van der Waals surface area (Å²) >= 11 is 5.69. The maximum absolute atomic E-state index is 10.2. The van der Waals surface area contributed by atoms with Crippen molar-refractivity contribution in [1.82, 2.24) is 10.4 Å². The van der Waals surface area contributed by atoms with Crippen LogP contribution in [0.4, 0.5) is 4.79 Å². The van der Waals surface area contributed by atoms with Crippen LogP contribution in [0.15, 0.2) is 23.4 Å². The van der Waals surface area contributed by atoms with Crippen LogP contribution < -0.4 is 11.2 Å². The lowest BCUT2D eigenvalue weighted by Crippen LogP contribution is -2.24. The van der Waals surface area contributed by atoms with Crippen LogP contribution in [0, 0.1) is 0 Å². The van der Waals surface area contributed by atoms with Gasteiger partial charge in [0.05, 0.1) is 6.21 Å². The molecule has 0 spiro atoms. The van der Waals surface area contributed by atoms with Gasteiger partial charge in [0.25, 0.3) is 0 Å². The molecule has 0 saturated heterocycles. The molecular formula is C7H7ClN4O. The molecule has 1 heterocycles. The van der Waals surface area contributed by atoms with Gasteiger partial charge in [0.15, 0.2) is 0 Å². The standard InChI is InChI=1S/C7H7ClN4O/c8-6-5(2-1-3-10-6)4-11-12-7(9)13/h1-4H,(H3,9,12,13)/b11-4+. The second kappa shape index (κ2) is 4.42. The van der Waals surface area contributed by atoms with Crippen LogP contribution >= 0.6 is 11.6 Å². The summed E-state index contributed by atoms with van der Waals surface area (Å²) in [4.78, 5) is 14.0. The number of hydrogen-bond acceptors (Lipinski definition) is 3. The molecule has 0 aliphatic rings. The zero-order chi connectivity index (χ0) is 9.68. The molecule has 0 fully saturated rings. The number of amides is 2. The Balaban J connectivity index is 2.68. The van der Waals surface area contributed by atoms with E-state index in [2.05, 4.69) is 10.1 Å². The van der Waals surface area contributed by atoms with E-state index in [1.54, 1.807) is 18.3 Å². The van der Waals surface area contributed by atoms with Crippen LogP contribution in [-0.4, -0.2) is 17.2 Å². The highest BCUT2D eigenvalue weighted by atomic mass is 35.5. The molecule has 0 aromatic carbocycles. The largest absolute Gasteiger partial charge is 0.350 e. The number of hydrazone groups is 1. The van der Waals surface area contributed by atoms with E-state index in [0.717, 1.165) is 0 Å². The van der Waals surface area contributed by atoms with Crippen LogP contribution in [0.2, 0.25) is 5.15 Å². The minimum absolute atomic E-state index is 0.317. The fraction of sp³-hybridized carbons (Fsp3) is 0. The first-order valence-electron chi connectivity index (χ1n) is 3.39. The number of nitrogens with zero attached hydrogens (tertiary/aromatic N) is 2. The van der Waals surface area contributed by atoms with Gasteiger partial charge in [-0.25, -0.2) is 15.2 Å². The normalized spacial score (nSPS) is 10.2. The third-order valence-corrected chi connectivity index (χ3v) is 1.48. The Morgan fingerprint density at radius 3 is 3.15 bits per heavy atom. The lowest BCUT2D eigenvalue weighted by molar-refractivity contribution is 0.249. The molecule has 0 bridgehead atoms. The molecule has 3 N–H and O–H groups in total. The van der Waals surface area contributed by atoms with Gasteiger partial charge in [-0.3, -0.25) is 0 Å². The summed E-state index contributed by atoms with van der Waals surface area (Å²) in [6.07, 6.45) is 2.92. The van der Waals surface area contributed by atoms with E-state index in [0.29, 0.717) is 10.7 Å². The van der Waals surface area contributed by atoms with Crippen molar-refractivity contribution in [2.45, 2.75) is 0 Å². The molecule has 1 aromatic rings. The molecule has 2 amide bonds. The van der Waals surface area contributed by atoms with Gasteiger partial charge in [-0.1, -0.05) is 11.6 Å². The minimum Gasteiger partial charge on any atom is -0.350 e. The number of rotatable bonds is 2. The SMILES string of the molecule is NC(=O)N/N=C/c1cccnc1Cl. The number of primary amides is 1. The van der Waals surface area contributed by atoms with Crippen molar-refractivity contribution in [3.63, 3.8) is 0 Å². The van der Waals surface area contributed by atoms with Gasteiger partial charge >= 0.3 is 6.03 Å². The monoisotopic (exact) mass is 198 g/mol. The molecule has 0 saturated carbocycles. The molecule has 0 radical (unpaired) electrons. The van der Waals surface area contributed by atoms with Crippen molar-refractivity contribution in [2.75, 3.05) is 0 Å². The van der Waals surface area contributed by atoms with Crippen LogP contribution in [0.3, 0.4) is 0 Å². The van der Waals surface area contributed by atoms with Crippen LogP contribution in [-0.2, 0) is 0 Å². The van der Waals surface area contributed by atoms with E-state index in [1.807, 2.05) is 5.43 Å². The highest BCUT2D eigenvalue weighted by Crippen LogP contribution is 2.07. The molecule has 5 nitrogen and oxygen atoms in total. The molecule has 68 valence electrons. The number of nitrogens with two attached hydrogens (primary N) is 1. The Bertz CT molecular complexity index is 339. The predicted octanol–water partition coefficient (Wildman–Crippen LogP) is 0.737. The average molecular weight is 199 g/mol. The summed E-state index contributed by atoms with van der Waals surface area (Å²) in [5, 5.41) is 3.85. The lowest BCUT2D eigenvalue weighted by Gasteiger charge is -1.94. The lowest BCUT2D eigenvalue weighted by atomic mass is 10.3. The molecule has 1 rings (SSSR count). The van der Waals surface area contributed by atoms with Gasteiger partial charge in [0.2, 0.25) is 0 Å². The summed E-state index contributed by atoms with van der Waals surface area (Å²) in [5.74, 6) is 0. The molecule has 1 aromatic heterocycles. The van der Waals surface area contributed by atoms with Gasteiger partial charge in [-0.15, -0.1) is 0 Å². The van der Waals surface area contributed by atoms with Gasteiger partial charge in [-0.2, -0.15) is 5.10 Å². The van der Waals surface area contributed by atoms with E-state index in [4.69, 9.17) is 17.3 Å². The fourth-order valence-corrected chi connectivity index (χ4v) is 0.828. The van der Waals surface area contributed by atoms with Crippen LogP contribution in [0.25, 0.3) is 0 Å². The Morgan fingerprint density at radius 1 is 1.77 bits per heavy atom. The highest BCUT2D eigenvalue weighted by molar-refractivity contribution is 6.31. The first kappa shape index (κ1) is 9.47. The Hall–Kier alpha value is -1.62. The van der Waals surface area contributed by atoms with Crippen molar-refractivity contribution >= 4 is 23.8 Å². The average Bonchev–Trinajstić information content (AvgIpc) is 2.08.